The molecule has 19 heavy (non-hydrogen) atoms. The molecular formula is C11H13BrN6O. The number of carbonyl (C=O) groups excluding carboxylic acids is 1. The smallest absolute Gasteiger partial charge is 0.271 e. The number of halogens is 1. The fourth-order valence-corrected chi connectivity index (χ4v) is 1.83. The Morgan fingerprint density at radius 2 is 2.32 bits per heavy atom. The van der Waals surface area contributed by atoms with Gasteiger partial charge in [0.2, 0.25) is 5.95 Å². The molecule has 7 nitrogen and oxygen atoms in total. The topological polar surface area (TPSA) is 84.7 Å². The number of nitrogens with one attached hydrogen (secondary N) is 2. The summed E-state index contributed by atoms with van der Waals surface area (Å²) < 4.78 is 2.22. The number of hydrogen-bond acceptors (Lipinski definition) is 5. The molecule has 1 amide bonds. The van der Waals surface area contributed by atoms with Gasteiger partial charge in [-0.15, -0.1) is 0 Å². The Bertz CT molecular complexity index is 597. The van der Waals surface area contributed by atoms with E-state index in [1.807, 2.05) is 6.92 Å². The third-order valence-electron chi connectivity index (χ3n) is 2.33. The molecule has 0 aliphatic rings. The van der Waals surface area contributed by atoms with Crippen molar-refractivity contribution in [1.29, 1.82) is 0 Å². The lowest BCUT2D eigenvalue weighted by Gasteiger charge is -2.06. The van der Waals surface area contributed by atoms with E-state index < -0.39 is 0 Å². The van der Waals surface area contributed by atoms with Gasteiger partial charge in [-0.2, -0.15) is 10.1 Å². The molecule has 2 heterocycles. The minimum absolute atomic E-state index is 0.240. The Labute approximate surface area is 118 Å². The summed E-state index contributed by atoms with van der Waals surface area (Å²) in [5.41, 5.74) is 0.331. The zero-order valence-corrected chi connectivity index (χ0v) is 12.1. The molecule has 0 aliphatic heterocycles. The number of amides is 1. The van der Waals surface area contributed by atoms with Crippen molar-refractivity contribution >= 4 is 27.8 Å². The van der Waals surface area contributed by atoms with Crippen molar-refractivity contribution in [3.8, 4) is 5.82 Å². The van der Waals surface area contributed by atoms with Crippen LogP contribution < -0.4 is 10.6 Å². The SMILES string of the molecule is CCNc1ncc(Br)c(-n2ccc(C(=O)NC)n2)n1. The highest BCUT2D eigenvalue weighted by atomic mass is 79.9. The second-order valence-corrected chi connectivity index (χ2v) is 4.47. The van der Waals surface area contributed by atoms with Crippen LogP contribution in [-0.2, 0) is 0 Å². The van der Waals surface area contributed by atoms with Crippen LogP contribution in [0.15, 0.2) is 22.9 Å². The maximum atomic E-state index is 11.5. The minimum atomic E-state index is -0.240. The predicted molar refractivity (Wildman–Crippen MR) is 74.4 cm³/mol. The average molecular weight is 325 g/mol. The van der Waals surface area contributed by atoms with E-state index in [1.54, 1.807) is 25.5 Å². The standard InChI is InChI=1S/C11H13BrN6O/c1-3-14-11-15-6-7(12)9(16-11)18-5-4-8(17-18)10(19)13-2/h4-6H,3H2,1-2H3,(H,13,19)(H,14,15,16). The zero-order chi connectivity index (χ0) is 13.8. The third kappa shape index (κ3) is 2.90. The monoisotopic (exact) mass is 324 g/mol. The number of rotatable bonds is 4. The first-order valence-corrected chi connectivity index (χ1v) is 6.49. The lowest BCUT2D eigenvalue weighted by molar-refractivity contribution is 0.0957. The van der Waals surface area contributed by atoms with Crippen molar-refractivity contribution in [1.82, 2.24) is 25.1 Å². The van der Waals surface area contributed by atoms with E-state index in [1.165, 1.54) is 4.68 Å². The molecule has 0 atom stereocenters. The summed E-state index contributed by atoms with van der Waals surface area (Å²) in [5.74, 6) is 0.842. The van der Waals surface area contributed by atoms with Gasteiger partial charge in [-0.05, 0) is 28.9 Å². The fraction of sp³-hybridized carbons (Fsp3) is 0.273. The van der Waals surface area contributed by atoms with Crippen LogP contribution in [0, 0.1) is 0 Å². The Kier molecular flexibility index (Phi) is 4.10. The van der Waals surface area contributed by atoms with E-state index in [2.05, 4.69) is 41.6 Å². The average Bonchev–Trinajstić information content (AvgIpc) is 2.90. The lowest BCUT2D eigenvalue weighted by Crippen LogP contribution is -2.18. The fourth-order valence-electron chi connectivity index (χ4n) is 1.45. The molecule has 0 aliphatic carbocycles. The highest BCUT2D eigenvalue weighted by molar-refractivity contribution is 9.10. The summed E-state index contributed by atoms with van der Waals surface area (Å²) in [4.78, 5) is 19.9. The first-order valence-electron chi connectivity index (χ1n) is 5.70. The third-order valence-corrected chi connectivity index (χ3v) is 2.89. The predicted octanol–water partition coefficient (Wildman–Crippen LogP) is 1.22. The minimum Gasteiger partial charge on any atom is -0.354 e. The van der Waals surface area contributed by atoms with E-state index in [0.717, 1.165) is 6.54 Å². The van der Waals surface area contributed by atoms with Crippen LogP contribution in [0.25, 0.3) is 5.82 Å². The van der Waals surface area contributed by atoms with Crippen molar-refractivity contribution in [3.63, 3.8) is 0 Å². The number of nitrogens with zero attached hydrogens (tertiary/aromatic N) is 4. The molecule has 0 radical (unpaired) electrons. The van der Waals surface area contributed by atoms with E-state index in [-0.39, 0.29) is 5.91 Å². The molecule has 0 fully saturated rings. The van der Waals surface area contributed by atoms with Gasteiger partial charge in [0, 0.05) is 26.0 Å². The molecule has 0 unspecified atom stereocenters. The first kappa shape index (κ1) is 13.5. The van der Waals surface area contributed by atoms with E-state index in [4.69, 9.17) is 0 Å². The van der Waals surface area contributed by atoms with Crippen molar-refractivity contribution in [2.75, 3.05) is 18.9 Å². The Balaban J connectivity index is 2.37. The normalized spacial score (nSPS) is 10.3. The highest BCUT2D eigenvalue weighted by Crippen LogP contribution is 2.18. The van der Waals surface area contributed by atoms with Crippen LogP contribution in [0.3, 0.4) is 0 Å². The van der Waals surface area contributed by atoms with Crippen molar-refractivity contribution in [3.05, 3.63) is 28.6 Å². The Hall–Kier alpha value is -1.96. The molecule has 2 aromatic rings. The Morgan fingerprint density at radius 1 is 1.53 bits per heavy atom. The van der Waals surface area contributed by atoms with Crippen LogP contribution in [0.1, 0.15) is 17.4 Å². The summed E-state index contributed by atoms with van der Waals surface area (Å²) in [6.45, 7) is 2.69. The van der Waals surface area contributed by atoms with Crippen LogP contribution in [0.5, 0.6) is 0 Å². The van der Waals surface area contributed by atoms with Gasteiger partial charge in [0.1, 0.15) is 0 Å². The molecule has 100 valence electrons. The van der Waals surface area contributed by atoms with E-state index in [0.29, 0.717) is 21.9 Å². The molecule has 0 saturated heterocycles. The van der Waals surface area contributed by atoms with Crippen molar-refractivity contribution in [2.24, 2.45) is 0 Å². The van der Waals surface area contributed by atoms with Crippen LogP contribution in [-0.4, -0.2) is 39.2 Å². The second-order valence-electron chi connectivity index (χ2n) is 3.62. The Morgan fingerprint density at radius 3 is 3.00 bits per heavy atom. The molecule has 0 spiro atoms. The quantitative estimate of drug-likeness (QED) is 0.883. The molecule has 0 aromatic carbocycles. The summed E-state index contributed by atoms with van der Waals surface area (Å²) in [6.07, 6.45) is 3.31. The number of carbonyl (C=O) groups is 1. The molecule has 2 rings (SSSR count). The number of aromatic nitrogens is 4. The van der Waals surface area contributed by atoms with Gasteiger partial charge in [0.15, 0.2) is 11.5 Å². The molecule has 0 bridgehead atoms. The van der Waals surface area contributed by atoms with E-state index in [9.17, 15) is 4.79 Å². The van der Waals surface area contributed by atoms with Gasteiger partial charge in [0.05, 0.1) is 4.47 Å². The van der Waals surface area contributed by atoms with Gasteiger partial charge < -0.3 is 10.6 Å². The zero-order valence-electron chi connectivity index (χ0n) is 10.5. The number of hydrogen-bond donors (Lipinski definition) is 2. The maximum Gasteiger partial charge on any atom is 0.271 e. The van der Waals surface area contributed by atoms with E-state index >= 15 is 0 Å². The lowest BCUT2D eigenvalue weighted by atomic mass is 10.4. The van der Waals surface area contributed by atoms with Crippen LogP contribution in [0.4, 0.5) is 5.95 Å². The summed E-state index contributed by atoms with van der Waals surface area (Å²) in [5, 5.41) is 9.71. The molecule has 8 heteroatoms. The molecule has 0 saturated carbocycles. The molecule has 2 N–H and O–H groups in total. The summed E-state index contributed by atoms with van der Waals surface area (Å²) >= 11 is 3.37. The van der Waals surface area contributed by atoms with Gasteiger partial charge in [-0.3, -0.25) is 4.79 Å². The van der Waals surface area contributed by atoms with Crippen LogP contribution >= 0.6 is 15.9 Å². The number of anilines is 1. The molecule has 2 aromatic heterocycles. The van der Waals surface area contributed by atoms with Crippen LogP contribution in [0.2, 0.25) is 0 Å². The van der Waals surface area contributed by atoms with Crippen molar-refractivity contribution < 1.29 is 4.79 Å². The summed E-state index contributed by atoms with van der Waals surface area (Å²) in [6, 6.07) is 1.63. The maximum absolute atomic E-state index is 11.5. The highest BCUT2D eigenvalue weighted by Gasteiger charge is 2.12. The summed E-state index contributed by atoms with van der Waals surface area (Å²) in [7, 11) is 1.56. The largest absolute Gasteiger partial charge is 0.354 e. The first-order chi connectivity index (χ1) is 9.15. The van der Waals surface area contributed by atoms with Crippen molar-refractivity contribution in [2.45, 2.75) is 6.92 Å². The van der Waals surface area contributed by atoms with Gasteiger partial charge >= 0.3 is 0 Å². The second kappa shape index (κ2) is 5.79. The van der Waals surface area contributed by atoms with Gasteiger partial charge in [-0.1, -0.05) is 0 Å². The van der Waals surface area contributed by atoms with Gasteiger partial charge in [-0.25, -0.2) is 9.67 Å². The van der Waals surface area contributed by atoms with Gasteiger partial charge in [0.25, 0.3) is 5.91 Å². The molecular weight excluding hydrogens is 312 g/mol.